The summed E-state index contributed by atoms with van der Waals surface area (Å²) in [5.41, 5.74) is 1.68. The largest absolute Gasteiger partial charge is 0.383 e. The molecule has 4 heteroatoms. The van der Waals surface area contributed by atoms with Crippen LogP contribution in [0.15, 0.2) is 35.3 Å². The van der Waals surface area contributed by atoms with Crippen molar-refractivity contribution in [1.82, 2.24) is 10.6 Å². The predicted octanol–water partition coefficient (Wildman–Crippen LogP) is 2.70. The number of benzene rings is 1. The summed E-state index contributed by atoms with van der Waals surface area (Å²) in [7, 11) is 3.54. The van der Waals surface area contributed by atoms with E-state index in [9.17, 15) is 0 Å². The maximum absolute atomic E-state index is 5.17. The second kappa shape index (κ2) is 8.18. The molecule has 0 bridgehead atoms. The summed E-state index contributed by atoms with van der Waals surface area (Å²) in [5.74, 6) is 0.853. The van der Waals surface area contributed by atoms with Gasteiger partial charge in [0, 0.05) is 32.2 Å². The molecule has 0 aliphatic heterocycles. The molecule has 0 spiro atoms. The third-order valence-electron chi connectivity index (χ3n) is 4.56. The van der Waals surface area contributed by atoms with Gasteiger partial charge in [-0.1, -0.05) is 43.2 Å². The lowest BCUT2D eigenvalue weighted by molar-refractivity contribution is 0.179. The van der Waals surface area contributed by atoms with Crippen molar-refractivity contribution in [2.45, 2.75) is 44.1 Å². The summed E-state index contributed by atoms with van der Waals surface area (Å²) >= 11 is 0. The molecule has 0 saturated heterocycles. The molecule has 2 N–H and O–H groups in total. The summed E-state index contributed by atoms with van der Waals surface area (Å²) in [6.07, 6.45) is 5.11. The Hall–Kier alpha value is -1.55. The van der Waals surface area contributed by atoms with Crippen molar-refractivity contribution < 1.29 is 4.74 Å². The number of nitrogens with one attached hydrogen (secondary N) is 2. The molecule has 2 rings (SSSR count). The van der Waals surface area contributed by atoms with E-state index in [0.717, 1.165) is 12.5 Å². The zero-order valence-electron chi connectivity index (χ0n) is 14.1. The number of guanidine groups is 1. The van der Waals surface area contributed by atoms with E-state index >= 15 is 0 Å². The number of rotatable bonds is 6. The second-order valence-corrected chi connectivity index (χ2v) is 6.28. The normalized spacial score (nSPS) is 19.0. The van der Waals surface area contributed by atoms with Crippen molar-refractivity contribution >= 4 is 5.96 Å². The average molecular weight is 303 g/mol. The summed E-state index contributed by atoms with van der Waals surface area (Å²) < 4.78 is 5.17. The summed E-state index contributed by atoms with van der Waals surface area (Å²) in [6, 6.07) is 11.1. The second-order valence-electron chi connectivity index (χ2n) is 6.28. The predicted molar refractivity (Wildman–Crippen MR) is 92.4 cm³/mol. The highest BCUT2D eigenvalue weighted by molar-refractivity contribution is 5.80. The molecule has 22 heavy (non-hydrogen) atoms. The van der Waals surface area contributed by atoms with E-state index in [4.69, 9.17) is 4.74 Å². The Morgan fingerprint density at radius 3 is 2.55 bits per heavy atom. The maximum Gasteiger partial charge on any atom is 0.191 e. The SMILES string of the molecule is CN=C(NCC1(c2ccccc2)CCCC1)NC(C)COC. The molecular formula is C18H29N3O. The van der Waals surface area contributed by atoms with Crippen molar-refractivity contribution in [2.24, 2.45) is 4.99 Å². The van der Waals surface area contributed by atoms with Crippen LogP contribution < -0.4 is 10.6 Å². The highest BCUT2D eigenvalue weighted by Crippen LogP contribution is 2.40. The Bertz CT molecular complexity index is 466. The van der Waals surface area contributed by atoms with Gasteiger partial charge < -0.3 is 15.4 Å². The first-order valence-electron chi connectivity index (χ1n) is 8.22. The molecule has 0 heterocycles. The average Bonchev–Trinajstić information content (AvgIpc) is 3.02. The first-order valence-corrected chi connectivity index (χ1v) is 8.22. The molecule has 0 aromatic heterocycles. The maximum atomic E-state index is 5.17. The highest BCUT2D eigenvalue weighted by atomic mass is 16.5. The van der Waals surface area contributed by atoms with Gasteiger partial charge in [0.15, 0.2) is 5.96 Å². The van der Waals surface area contributed by atoms with Crippen LogP contribution in [0.3, 0.4) is 0 Å². The number of aliphatic imine (C=N–C) groups is 1. The minimum Gasteiger partial charge on any atom is -0.383 e. The van der Waals surface area contributed by atoms with Crippen molar-refractivity contribution in [2.75, 3.05) is 27.3 Å². The van der Waals surface area contributed by atoms with Crippen molar-refractivity contribution in [3.63, 3.8) is 0 Å². The lowest BCUT2D eigenvalue weighted by Gasteiger charge is -2.31. The van der Waals surface area contributed by atoms with Crippen LogP contribution in [0.1, 0.15) is 38.2 Å². The zero-order valence-corrected chi connectivity index (χ0v) is 14.1. The summed E-state index contributed by atoms with van der Waals surface area (Å²) in [4.78, 5) is 4.33. The number of nitrogens with zero attached hydrogens (tertiary/aromatic N) is 1. The van der Waals surface area contributed by atoms with Crippen molar-refractivity contribution in [3.05, 3.63) is 35.9 Å². The first-order chi connectivity index (χ1) is 10.7. The van der Waals surface area contributed by atoms with Gasteiger partial charge in [-0.15, -0.1) is 0 Å². The standard InChI is InChI=1S/C18H29N3O/c1-15(13-22-3)21-17(19-2)20-14-18(11-7-8-12-18)16-9-5-4-6-10-16/h4-6,9-10,15H,7-8,11-14H2,1-3H3,(H2,19,20,21). The van der Waals surface area contributed by atoms with Crippen LogP contribution in [-0.2, 0) is 10.2 Å². The van der Waals surface area contributed by atoms with Crippen molar-refractivity contribution in [3.8, 4) is 0 Å². The van der Waals surface area contributed by atoms with Gasteiger partial charge in [0.25, 0.3) is 0 Å². The quantitative estimate of drug-likeness (QED) is 0.627. The molecule has 1 fully saturated rings. The van der Waals surface area contributed by atoms with Gasteiger partial charge in [-0.3, -0.25) is 4.99 Å². The molecule has 1 saturated carbocycles. The molecule has 122 valence electrons. The van der Waals surface area contributed by atoms with Gasteiger partial charge in [-0.05, 0) is 25.3 Å². The van der Waals surface area contributed by atoms with Crippen LogP contribution >= 0.6 is 0 Å². The zero-order chi connectivity index (χ0) is 15.8. The number of hydrogen-bond acceptors (Lipinski definition) is 2. The molecule has 1 atom stereocenters. The molecule has 1 aromatic carbocycles. The van der Waals surface area contributed by atoms with E-state index in [0.29, 0.717) is 6.61 Å². The minimum absolute atomic E-state index is 0.239. The van der Waals surface area contributed by atoms with E-state index in [2.05, 4.69) is 52.9 Å². The van der Waals surface area contributed by atoms with Gasteiger partial charge in [0.05, 0.1) is 6.61 Å². The molecule has 0 amide bonds. The Balaban J connectivity index is 2.00. The lowest BCUT2D eigenvalue weighted by atomic mass is 9.79. The van der Waals surface area contributed by atoms with Gasteiger partial charge >= 0.3 is 0 Å². The molecule has 1 unspecified atom stereocenters. The monoisotopic (exact) mass is 303 g/mol. The van der Waals surface area contributed by atoms with Crippen LogP contribution in [0.5, 0.6) is 0 Å². The topological polar surface area (TPSA) is 45.7 Å². The Kier molecular flexibility index (Phi) is 6.25. The van der Waals surface area contributed by atoms with Crippen LogP contribution in [0.4, 0.5) is 0 Å². The number of methoxy groups -OCH3 is 1. The summed E-state index contributed by atoms with van der Waals surface area (Å²) in [6.45, 7) is 3.69. The number of ether oxygens (including phenoxy) is 1. The molecule has 1 aliphatic carbocycles. The molecular weight excluding hydrogens is 274 g/mol. The molecule has 0 radical (unpaired) electrons. The molecule has 1 aliphatic rings. The van der Waals surface area contributed by atoms with Gasteiger partial charge in [-0.25, -0.2) is 0 Å². The van der Waals surface area contributed by atoms with E-state index in [1.54, 1.807) is 7.11 Å². The van der Waals surface area contributed by atoms with Crippen LogP contribution in [-0.4, -0.2) is 39.3 Å². The van der Waals surface area contributed by atoms with E-state index < -0.39 is 0 Å². The Labute approximate surface area is 134 Å². The third kappa shape index (κ3) is 4.23. The smallest absolute Gasteiger partial charge is 0.191 e. The first kappa shape index (κ1) is 16.8. The Morgan fingerprint density at radius 1 is 1.27 bits per heavy atom. The van der Waals surface area contributed by atoms with E-state index in [1.165, 1.54) is 31.2 Å². The van der Waals surface area contributed by atoms with Crippen molar-refractivity contribution in [1.29, 1.82) is 0 Å². The highest BCUT2D eigenvalue weighted by Gasteiger charge is 2.35. The third-order valence-corrected chi connectivity index (χ3v) is 4.56. The summed E-state index contributed by atoms with van der Waals surface area (Å²) in [5, 5.41) is 6.90. The number of hydrogen-bond donors (Lipinski definition) is 2. The van der Waals surface area contributed by atoms with E-state index in [-0.39, 0.29) is 11.5 Å². The minimum atomic E-state index is 0.239. The fourth-order valence-corrected chi connectivity index (χ4v) is 3.38. The van der Waals surface area contributed by atoms with Crippen LogP contribution in [0, 0.1) is 0 Å². The van der Waals surface area contributed by atoms with Gasteiger partial charge in [0.1, 0.15) is 0 Å². The fraction of sp³-hybridized carbons (Fsp3) is 0.611. The Morgan fingerprint density at radius 2 is 1.95 bits per heavy atom. The van der Waals surface area contributed by atoms with Crippen LogP contribution in [0.2, 0.25) is 0 Å². The lowest BCUT2D eigenvalue weighted by Crippen LogP contribution is -2.48. The molecule has 4 nitrogen and oxygen atoms in total. The molecule has 1 aromatic rings. The van der Waals surface area contributed by atoms with Gasteiger partial charge in [-0.2, -0.15) is 0 Å². The van der Waals surface area contributed by atoms with Gasteiger partial charge in [0.2, 0.25) is 0 Å². The fourth-order valence-electron chi connectivity index (χ4n) is 3.38. The van der Waals surface area contributed by atoms with Crippen LogP contribution in [0.25, 0.3) is 0 Å². The van der Waals surface area contributed by atoms with E-state index in [1.807, 2.05) is 7.05 Å².